The van der Waals surface area contributed by atoms with Gasteiger partial charge in [-0.3, -0.25) is 9.69 Å². The van der Waals surface area contributed by atoms with Crippen LogP contribution in [-0.2, 0) is 13.0 Å². The van der Waals surface area contributed by atoms with Crippen LogP contribution in [0.1, 0.15) is 53.1 Å². The molecule has 1 amide bonds. The Morgan fingerprint density at radius 2 is 1.87 bits per heavy atom. The van der Waals surface area contributed by atoms with E-state index in [2.05, 4.69) is 14.9 Å². The molecule has 5 nitrogen and oxygen atoms in total. The maximum atomic E-state index is 12.9. The van der Waals surface area contributed by atoms with Crippen molar-refractivity contribution in [2.75, 3.05) is 26.2 Å². The number of carbonyl (C=O) groups is 1. The lowest BCUT2D eigenvalue weighted by Gasteiger charge is -2.32. The van der Waals surface area contributed by atoms with Crippen molar-refractivity contribution in [2.24, 2.45) is 5.92 Å². The molecule has 7 heteroatoms. The molecular weight excluding hydrogens is 419 g/mol. The highest BCUT2D eigenvalue weighted by Gasteiger charge is 2.26. The first-order chi connectivity index (χ1) is 14.5. The highest BCUT2D eigenvalue weighted by atomic mass is 35.5. The predicted molar refractivity (Wildman–Crippen MR) is 120 cm³/mol. The van der Waals surface area contributed by atoms with Crippen molar-refractivity contribution in [1.29, 1.82) is 0 Å². The minimum atomic E-state index is 0.0931. The average Bonchev–Trinajstić information content (AvgIpc) is 3.27. The van der Waals surface area contributed by atoms with Crippen LogP contribution in [0, 0.1) is 12.8 Å². The molecule has 2 aliphatic heterocycles. The monoisotopic (exact) mass is 446 g/mol. The van der Waals surface area contributed by atoms with E-state index in [9.17, 15) is 4.79 Å². The van der Waals surface area contributed by atoms with Crippen molar-refractivity contribution in [1.82, 2.24) is 19.8 Å². The van der Waals surface area contributed by atoms with Crippen LogP contribution in [0.25, 0.3) is 0 Å². The Bertz CT molecular complexity index is 906. The van der Waals surface area contributed by atoms with E-state index in [1.54, 1.807) is 6.20 Å². The summed E-state index contributed by atoms with van der Waals surface area (Å²) >= 11 is 12.5. The summed E-state index contributed by atoms with van der Waals surface area (Å²) in [6.45, 7) is 6.41. The lowest BCUT2D eigenvalue weighted by Crippen LogP contribution is -2.34. The summed E-state index contributed by atoms with van der Waals surface area (Å²) in [5, 5.41) is 1.27. The Labute approximate surface area is 188 Å². The first kappa shape index (κ1) is 21.5. The first-order valence-corrected chi connectivity index (χ1v) is 11.5. The molecule has 0 saturated carbocycles. The Morgan fingerprint density at radius 3 is 2.60 bits per heavy atom. The fourth-order valence-electron chi connectivity index (χ4n) is 4.48. The van der Waals surface area contributed by atoms with Crippen molar-refractivity contribution in [3.05, 3.63) is 57.1 Å². The van der Waals surface area contributed by atoms with Crippen LogP contribution in [0.3, 0.4) is 0 Å². The van der Waals surface area contributed by atoms with Gasteiger partial charge < -0.3 is 4.90 Å². The van der Waals surface area contributed by atoms with E-state index in [0.717, 1.165) is 81.9 Å². The molecule has 0 N–H and O–H groups in total. The third-order valence-electron chi connectivity index (χ3n) is 6.23. The van der Waals surface area contributed by atoms with Crippen molar-refractivity contribution < 1.29 is 4.79 Å². The molecule has 4 rings (SSSR count). The molecule has 2 aliphatic rings. The van der Waals surface area contributed by atoms with Gasteiger partial charge in [0.15, 0.2) is 0 Å². The van der Waals surface area contributed by atoms with E-state index in [1.807, 2.05) is 30.0 Å². The average molecular weight is 447 g/mol. The van der Waals surface area contributed by atoms with Gasteiger partial charge >= 0.3 is 0 Å². The van der Waals surface area contributed by atoms with Crippen molar-refractivity contribution in [2.45, 2.75) is 45.6 Å². The predicted octanol–water partition coefficient (Wildman–Crippen LogP) is 4.78. The van der Waals surface area contributed by atoms with E-state index in [0.29, 0.717) is 21.5 Å². The second-order valence-electron chi connectivity index (χ2n) is 8.41. The number of amides is 1. The number of hydrogen-bond acceptors (Lipinski definition) is 4. The van der Waals surface area contributed by atoms with Gasteiger partial charge in [-0.25, -0.2) is 9.97 Å². The summed E-state index contributed by atoms with van der Waals surface area (Å²) in [4.78, 5) is 26.3. The van der Waals surface area contributed by atoms with Crippen LogP contribution in [0.2, 0.25) is 10.0 Å². The molecule has 1 aromatic carbocycles. The lowest BCUT2D eigenvalue weighted by molar-refractivity contribution is 0.0790. The summed E-state index contributed by atoms with van der Waals surface area (Å²) in [6.07, 6.45) is 6.90. The Morgan fingerprint density at radius 1 is 1.13 bits per heavy atom. The molecule has 2 saturated heterocycles. The molecule has 0 aliphatic carbocycles. The van der Waals surface area contributed by atoms with E-state index >= 15 is 0 Å². The highest BCUT2D eigenvalue weighted by molar-refractivity contribution is 6.42. The molecule has 0 radical (unpaired) electrons. The number of benzene rings is 1. The summed E-state index contributed by atoms with van der Waals surface area (Å²) in [5.41, 5.74) is 2.68. The number of likely N-dealkylation sites (tertiary alicyclic amines) is 2. The number of carbonyl (C=O) groups excluding carboxylic acids is 1. The lowest BCUT2D eigenvalue weighted by atomic mass is 9.90. The minimum Gasteiger partial charge on any atom is -0.339 e. The third kappa shape index (κ3) is 4.96. The minimum absolute atomic E-state index is 0.0931. The number of rotatable bonds is 5. The third-order valence-corrected chi connectivity index (χ3v) is 7.08. The molecular formula is C23H28Cl2N4O. The number of nitrogens with zero attached hydrogens (tertiary/aromatic N) is 4. The molecule has 2 aromatic rings. The summed E-state index contributed by atoms with van der Waals surface area (Å²) in [6, 6.07) is 5.82. The zero-order valence-electron chi connectivity index (χ0n) is 17.4. The van der Waals surface area contributed by atoms with E-state index in [4.69, 9.17) is 23.2 Å². The van der Waals surface area contributed by atoms with Crippen LogP contribution >= 0.6 is 23.2 Å². The molecule has 2 fully saturated rings. The van der Waals surface area contributed by atoms with Crippen LogP contribution in [0.5, 0.6) is 0 Å². The molecule has 0 unspecified atom stereocenters. The van der Waals surface area contributed by atoms with Gasteiger partial charge in [0, 0.05) is 25.8 Å². The Balaban J connectivity index is 1.38. The number of piperidine rings is 1. The summed E-state index contributed by atoms with van der Waals surface area (Å²) in [7, 11) is 0. The molecule has 160 valence electrons. The standard InChI is InChI=1S/C23H28Cl2N4O/c1-16-26-14-19(23(30)29-9-2-3-10-29)21(27-16)13-17-7-11-28(12-8-17)15-18-5-4-6-20(24)22(18)25/h4-6,14,17H,2-3,7-13,15H2,1H3. The van der Waals surface area contributed by atoms with E-state index in [1.165, 1.54) is 0 Å². The number of aryl methyl sites for hydroxylation is 1. The maximum Gasteiger partial charge on any atom is 0.257 e. The molecule has 1 aromatic heterocycles. The van der Waals surface area contributed by atoms with Crippen molar-refractivity contribution in [3.63, 3.8) is 0 Å². The highest BCUT2D eigenvalue weighted by Crippen LogP contribution is 2.29. The summed E-state index contributed by atoms with van der Waals surface area (Å²) in [5.74, 6) is 1.35. The SMILES string of the molecule is Cc1ncc(C(=O)N2CCCC2)c(CC2CCN(Cc3cccc(Cl)c3Cl)CC2)n1. The van der Waals surface area contributed by atoms with Gasteiger partial charge in [-0.15, -0.1) is 0 Å². The van der Waals surface area contributed by atoms with E-state index < -0.39 is 0 Å². The van der Waals surface area contributed by atoms with Gasteiger partial charge in [0.1, 0.15) is 5.82 Å². The van der Waals surface area contributed by atoms with Crippen molar-refractivity contribution >= 4 is 29.1 Å². The quantitative estimate of drug-likeness (QED) is 0.662. The maximum absolute atomic E-state index is 12.9. The van der Waals surface area contributed by atoms with Crippen LogP contribution in [0.15, 0.2) is 24.4 Å². The van der Waals surface area contributed by atoms with Crippen molar-refractivity contribution in [3.8, 4) is 0 Å². The number of halogens is 2. The van der Waals surface area contributed by atoms with Crippen LogP contribution in [0.4, 0.5) is 0 Å². The normalized spacial score (nSPS) is 18.2. The molecule has 0 bridgehead atoms. The molecule has 0 atom stereocenters. The van der Waals surface area contributed by atoms with Gasteiger partial charge in [0.25, 0.3) is 5.91 Å². The molecule has 30 heavy (non-hydrogen) atoms. The fourth-order valence-corrected chi connectivity index (χ4v) is 4.86. The number of hydrogen-bond donors (Lipinski definition) is 0. The van der Waals surface area contributed by atoms with E-state index in [-0.39, 0.29) is 5.91 Å². The zero-order chi connectivity index (χ0) is 21.1. The Hall–Kier alpha value is -1.69. The zero-order valence-corrected chi connectivity index (χ0v) is 18.9. The topological polar surface area (TPSA) is 49.3 Å². The smallest absolute Gasteiger partial charge is 0.257 e. The number of aromatic nitrogens is 2. The molecule has 3 heterocycles. The molecule has 0 spiro atoms. The van der Waals surface area contributed by atoms with Gasteiger partial charge in [0.2, 0.25) is 0 Å². The fraction of sp³-hybridized carbons (Fsp3) is 0.522. The Kier molecular flexibility index (Phi) is 6.91. The van der Waals surface area contributed by atoms with Gasteiger partial charge in [0.05, 0.1) is 21.3 Å². The van der Waals surface area contributed by atoms with Gasteiger partial charge in [-0.05, 0) is 69.7 Å². The van der Waals surface area contributed by atoms with Gasteiger partial charge in [-0.1, -0.05) is 35.3 Å². The van der Waals surface area contributed by atoms with Crippen LogP contribution in [-0.4, -0.2) is 51.9 Å². The first-order valence-electron chi connectivity index (χ1n) is 10.8. The van der Waals surface area contributed by atoms with Gasteiger partial charge in [-0.2, -0.15) is 0 Å². The second-order valence-corrected chi connectivity index (χ2v) is 9.20. The second kappa shape index (κ2) is 9.63. The van der Waals surface area contributed by atoms with Crippen LogP contribution < -0.4 is 0 Å². The largest absolute Gasteiger partial charge is 0.339 e. The summed E-state index contributed by atoms with van der Waals surface area (Å²) < 4.78 is 0.